The van der Waals surface area contributed by atoms with Gasteiger partial charge in [-0.1, -0.05) is 11.6 Å². The van der Waals surface area contributed by atoms with Crippen LogP contribution in [0.1, 0.15) is 5.56 Å². The van der Waals surface area contributed by atoms with Crippen LogP contribution in [0.3, 0.4) is 0 Å². The molecule has 2 rings (SSSR count). The van der Waals surface area contributed by atoms with Gasteiger partial charge in [0.25, 0.3) is 0 Å². The molecule has 2 nitrogen and oxygen atoms in total. The molecule has 0 spiro atoms. The van der Waals surface area contributed by atoms with E-state index in [-0.39, 0.29) is 0 Å². The van der Waals surface area contributed by atoms with E-state index in [9.17, 15) is 0 Å². The number of rotatable bonds is 1. The first-order chi connectivity index (χ1) is 7.15. The topological polar surface area (TPSA) is 38.9 Å². The third-order valence-electron chi connectivity index (χ3n) is 2.13. The van der Waals surface area contributed by atoms with Crippen molar-refractivity contribution in [2.24, 2.45) is 0 Å². The predicted molar refractivity (Wildman–Crippen MR) is 63.8 cm³/mol. The maximum atomic E-state index is 5.94. The lowest BCUT2D eigenvalue weighted by Gasteiger charge is -2.04. The van der Waals surface area contributed by atoms with Crippen molar-refractivity contribution in [3.63, 3.8) is 0 Å². The Bertz CT molecular complexity index is 474. The molecule has 0 aliphatic carbocycles. The summed E-state index contributed by atoms with van der Waals surface area (Å²) in [6.45, 7) is 2.00. The summed E-state index contributed by atoms with van der Waals surface area (Å²) in [5.74, 6) is 0. The highest BCUT2D eigenvalue weighted by molar-refractivity contribution is 6.31. The fourth-order valence-electron chi connectivity index (χ4n) is 1.49. The van der Waals surface area contributed by atoms with Crippen LogP contribution in [0.15, 0.2) is 36.7 Å². The van der Waals surface area contributed by atoms with Gasteiger partial charge in [-0.15, -0.1) is 0 Å². The number of nitrogens with zero attached hydrogens (tertiary/aromatic N) is 1. The Morgan fingerprint density at radius 3 is 2.53 bits per heavy atom. The van der Waals surface area contributed by atoms with E-state index in [1.165, 1.54) is 0 Å². The Labute approximate surface area is 93.7 Å². The number of pyridine rings is 1. The number of nitrogens with two attached hydrogens (primary N) is 1. The summed E-state index contributed by atoms with van der Waals surface area (Å²) < 4.78 is 0. The van der Waals surface area contributed by atoms with E-state index in [1.54, 1.807) is 12.3 Å². The van der Waals surface area contributed by atoms with Crippen LogP contribution < -0.4 is 5.73 Å². The van der Waals surface area contributed by atoms with Crippen LogP contribution in [-0.4, -0.2) is 4.98 Å². The lowest BCUT2D eigenvalue weighted by Crippen LogP contribution is -1.87. The van der Waals surface area contributed by atoms with E-state index in [1.807, 2.05) is 25.3 Å². The molecule has 1 aromatic carbocycles. The summed E-state index contributed by atoms with van der Waals surface area (Å²) in [5, 5.41) is 0.645. The van der Waals surface area contributed by atoms with Crippen molar-refractivity contribution in [1.82, 2.24) is 4.98 Å². The maximum Gasteiger partial charge on any atom is 0.0432 e. The molecule has 0 atom stereocenters. The van der Waals surface area contributed by atoms with E-state index < -0.39 is 0 Å². The first-order valence-electron chi connectivity index (χ1n) is 4.63. The summed E-state index contributed by atoms with van der Waals surface area (Å²) in [7, 11) is 0. The zero-order valence-corrected chi connectivity index (χ0v) is 9.12. The van der Waals surface area contributed by atoms with E-state index in [2.05, 4.69) is 11.1 Å². The molecule has 76 valence electrons. The molecule has 1 heterocycles. The SMILES string of the molecule is Cc1cncc(-c2cc(N)cc(Cl)c2)c1. The number of benzene rings is 1. The molecule has 3 heteroatoms. The second-order valence-corrected chi connectivity index (χ2v) is 3.96. The van der Waals surface area contributed by atoms with Crippen molar-refractivity contribution in [2.75, 3.05) is 5.73 Å². The van der Waals surface area contributed by atoms with E-state index >= 15 is 0 Å². The zero-order valence-electron chi connectivity index (χ0n) is 8.37. The number of hydrogen-bond donors (Lipinski definition) is 1. The molecule has 0 amide bonds. The largest absolute Gasteiger partial charge is 0.399 e. The Morgan fingerprint density at radius 1 is 1.07 bits per heavy atom. The highest BCUT2D eigenvalue weighted by Gasteiger charge is 2.01. The van der Waals surface area contributed by atoms with E-state index in [0.29, 0.717) is 10.7 Å². The van der Waals surface area contributed by atoms with E-state index in [4.69, 9.17) is 17.3 Å². The van der Waals surface area contributed by atoms with Gasteiger partial charge in [-0.3, -0.25) is 4.98 Å². The Morgan fingerprint density at radius 2 is 1.87 bits per heavy atom. The molecule has 2 N–H and O–H groups in total. The van der Waals surface area contributed by atoms with Gasteiger partial charge in [0.05, 0.1) is 0 Å². The van der Waals surface area contributed by atoms with Gasteiger partial charge in [-0.2, -0.15) is 0 Å². The second kappa shape index (κ2) is 3.91. The Kier molecular flexibility index (Phi) is 2.60. The van der Waals surface area contributed by atoms with Crippen molar-refractivity contribution in [3.8, 4) is 11.1 Å². The average molecular weight is 219 g/mol. The molecule has 1 aromatic heterocycles. The monoisotopic (exact) mass is 218 g/mol. The zero-order chi connectivity index (χ0) is 10.8. The van der Waals surface area contributed by atoms with Crippen LogP contribution in [0.25, 0.3) is 11.1 Å². The number of nitrogen functional groups attached to an aromatic ring is 1. The van der Waals surface area contributed by atoms with Gasteiger partial charge in [0.15, 0.2) is 0 Å². The molecule has 0 bridgehead atoms. The number of halogens is 1. The second-order valence-electron chi connectivity index (χ2n) is 3.52. The van der Waals surface area contributed by atoms with Gasteiger partial charge in [-0.05, 0) is 42.3 Å². The van der Waals surface area contributed by atoms with Crippen LogP contribution in [0, 0.1) is 6.92 Å². The molecule has 2 aromatic rings. The van der Waals surface area contributed by atoms with Gasteiger partial charge >= 0.3 is 0 Å². The first kappa shape index (κ1) is 9.99. The molecule has 0 aliphatic heterocycles. The van der Waals surface area contributed by atoms with Gasteiger partial charge in [0.2, 0.25) is 0 Å². The quantitative estimate of drug-likeness (QED) is 0.746. The standard InChI is InChI=1S/C12H11ClN2/c1-8-2-10(7-15-6-8)9-3-11(13)5-12(14)4-9/h2-7H,14H2,1H3. The van der Waals surface area contributed by atoms with E-state index in [0.717, 1.165) is 16.7 Å². The van der Waals surface area contributed by atoms with Crippen LogP contribution >= 0.6 is 11.6 Å². The molecular weight excluding hydrogens is 208 g/mol. The molecule has 0 fully saturated rings. The lowest BCUT2D eigenvalue weighted by molar-refractivity contribution is 1.27. The van der Waals surface area contributed by atoms with Crippen LogP contribution in [0.2, 0.25) is 5.02 Å². The maximum absolute atomic E-state index is 5.94. The summed E-state index contributed by atoms with van der Waals surface area (Å²) >= 11 is 5.94. The fraction of sp³-hybridized carbons (Fsp3) is 0.0833. The molecule has 0 aliphatic rings. The molecule has 0 radical (unpaired) electrons. The van der Waals surface area contributed by atoms with Crippen molar-refractivity contribution < 1.29 is 0 Å². The third-order valence-corrected chi connectivity index (χ3v) is 2.35. The molecular formula is C12H11ClN2. The normalized spacial score (nSPS) is 10.3. The first-order valence-corrected chi connectivity index (χ1v) is 5.01. The molecule has 0 unspecified atom stereocenters. The van der Waals surface area contributed by atoms with Gasteiger partial charge in [0.1, 0.15) is 0 Å². The van der Waals surface area contributed by atoms with Crippen LogP contribution in [0.4, 0.5) is 5.69 Å². The van der Waals surface area contributed by atoms with Gasteiger partial charge in [0, 0.05) is 28.7 Å². The average Bonchev–Trinajstić information content (AvgIpc) is 2.16. The number of aromatic nitrogens is 1. The minimum absolute atomic E-state index is 0.645. The summed E-state index contributed by atoms with van der Waals surface area (Å²) in [6, 6.07) is 7.56. The molecule has 0 saturated heterocycles. The summed E-state index contributed by atoms with van der Waals surface area (Å²) in [5.41, 5.74) is 9.54. The number of aryl methyl sites for hydroxylation is 1. The number of anilines is 1. The molecule has 15 heavy (non-hydrogen) atoms. The highest BCUT2D eigenvalue weighted by atomic mass is 35.5. The third kappa shape index (κ3) is 2.28. The Balaban J connectivity index is 2.54. The van der Waals surface area contributed by atoms with Crippen LogP contribution in [-0.2, 0) is 0 Å². The van der Waals surface area contributed by atoms with Gasteiger partial charge < -0.3 is 5.73 Å². The van der Waals surface area contributed by atoms with Gasteiger partial charge in [-0.25, -0.2) is 0 Å². The van der Waals surface area contributed by atoms with Crippen molar-refractivity contribution in [1.29, 1.82) is 0 Å². The highest BCUT2D eigenvalue weighted by Crippen LogP contribution is 2.25. The molecule has 0 saturated carbocycles. The predicted octanol–water partition coefficient (Wildman–Crippen LogP) is 3.29. The number of hydrogen-bond acceptors (Lipinski definition) is 2. The minimum Gasteiger partial charge on any atom is -0.399 e. The van der Waals surface area contributed by atoms with Crippen molar-refractivity contribution in [3.05, 3.63) is 47.2 Å². The van der Waals surface area contributed by atoms with Crippen LogP contribution in [0.5, 0.6) is 0 Å². The Hall–Kier alpha value is -1.54. The minimum atomic E-state index is 0.645. The van der Waals surface area contributed by atoms with Crippen molar-refractivity contribution in [2.45, 2.75) is 6.92 Å². The lowest BCUT2D eigenvalue weighted by atomic mass is 10.1. The summed E-state index contributed by atoms with van der Waals surface area (Å²) in [6.07, 6.45) is 3.62. The summed E-state index contributed by atoms with van der Waals surface area (Å²) in [4.78, 5) is 4.14. The van der Waals surface area contributed by atoms with Crippen molar-refractivity contribution >= 4 is 17.3 Å². The smallest absolute Gasteiger partial charge is 0.0432 e. The fourth-order valence-corrected chi connectivity index (χ4v) is 1.74.